The van der Waals surface area contributed by atoms with E-state index in [1.165, 1.54) is 0 Å². The first-order valence-corrected chi connectivity index (χ1v) is 7.79. The molecule has 0 aromatic carbocycles. The zero-order valence-corrected chi connectivity index (χ0v) is 13.7. The largest absolute Gasteiger partial charge is 0.441 e. The Bertz CT molecular complexity index is 344. The van der Waals surface area contributed by atoms with Crippen molar-refractivity contribution < 1.29 is 15.2 Å². The lowest BCUT2D eigenvalue weighted by atomic mass is 10.3. The summed E-state index contributed by atoms with van der Waals surface area (Å²) in [5.74, 6) is 2.55. The fraction of sp³-hybridized carbons (Fsp3) is 0.733. The lowest BCUT2D eigenvalue weighted by molar-refractivity contribution is 0.0974. The predicted octanol–water partition coefficient (Wildman–Crippen LogP) is 3.38. The molecule has 4 nitrogen and oxygen atoms in total. The summed E-state index contributed by atoms with van der Waals surface area (Å²) in [5.41, 5.74) is 0. The number of terminal acetylenes is 2. The number of hydrogen-bond acceptors (Lipinski definition) is 4. The van der Waals surface area contributed by atoms with Crippen molar-refractivity contribution in [3.63, 3.8) is 0 Å². The SMILES string of the molecule is [2H]CC(COP(OCCC#C)N(C(C)C)C(C)C)OC#C. The molecule has 5 heteroatoms. The molecule has 0 heterocycles. The highest BCUT2D eigenvalue weighted by Gasteiger charge is 2.27. The van der Waals surface area contributed by atoms with E-state index in [-0.39, 0.29) is 25.6 Å². The zero-order chi connectivity index (χ0) is 16.3. The summed E-state index contributed by atoms with van der Waals surface area (Å²) < 4.78 is 26.2. The molecule has 0 fully saturated rings. The van der Waals surface area contributed by atoms with Crippen LogP contribution in [-0.2, 0) is 13.8 Å². The molecule has 0 rings (SSSR count). The van der Waals surface area contributed by atoms with Crippen LogP contribution in [0.15, 0.2) is 0 Å². The van der Waals surface area contributed by atoms with Crippen LogP contribution in [0, 0.1) is 24.9 Å². The van der Waals surface area contributed by atoms with Crippen LogP contribution in [0.3, 0.4) is 0 Å². The molecule has 0 N–H and O–H groups in total. The average Bonchev–Trinajstić information content (AvgIpc) is 2.42. The Kier molecular flexibility index (Phi) is 9.46. The van der Waals surface area contributed by atoms with E-state index in [0.29, 0.717) is 13.0 Å². The van der Waals surface area contributed by atoms with Crippen molar-refractivity contribution in [1.82, 2.24) is 4.67 Å². The Hall–Kier alpha value is -0.770. The van der Waals surface area contributed by atoms with Crippen LogP contribution in [0.4, 0.5) is 0 Å². The summed E-state index contributed by atoms with van der Waals surface area (Å²) in [6.45, 7) is 9.06. The normalized spacial score (nSPS) is 14.8. The van der Waals surface area contributed by atoms with Crippen molar-refractivity contribution in [2.45, 2.75) is 59.2 Å². The quantitative estimate of drug-likeness (QED) is 0.351. The molecular formula is C15H26NO3P. The van der Waals surface area contributed by atoms with Crippen molar-refractivity contribution in [3.8, 4) is 24.9 Å². The Morgan fingerprint density at radius 3 is 2.30 bits per heavy atom. The van der Waals surface area contributed by atoms with Crippen LogP contribution in [0.25, 0.3) is 0 Å². The van der Waals surface area contributed by atoms with E-state index >= 15 is 0 Å². The third-order valence-electron chi connectivity index (χ3n) is 2.30. The molecule has 0 saturated heterocycles. The molecule has 2 atom stereocenters. The lowest BCUT2D eigenvalue weighted by Crippen LogP contribution is -2.34. The van der Waals surface area contributed by atoms with Gasteiger partial charge >= 0.3 is 0 Å². The molecule has 0 spiro atoms. The van der Waals surface area contributed by atoms with Gasteiger partial charge in [0.1, 0.15) is 12.2 Å². The van der Waals surface area contributed by atoms with Gasteiger partial charge in [0, 0.05) is 19.9 Å². The Balaban J connectivity index is 4.71. The average molecular weight is 300 g/mol. The van der Waals surface area contributed by atoms with Crippen molar-refractivity contribution in [3.05, 3.63) is 0 Å². The molecular weight excluding hydrogens is 273 g/mol. The number of hydrogen-bond donors (Lipinski definition) is 0. The molecule has 0 aliphatic rings. The highest BCUT2D eigenvalue weighted by molar-refractivity contribution is 7.44. The van der Waals surface area contributed by atoms with Gasteiger partial charge in [0.05, 0.1) is 13.2 Å². The summed E-state index contributed by atoms with van der Waals surface area (Å²) >= 11 is 0. The molecule has 0 amide bonds. The van der Waals surface area contributed by atoms with Crippen molar-refractivity contribution in [2.75, 3.05) is 13.2 Å². The second kappa shape index (κ2) is 11.0. The molecule has 0 saturated carbocycles. The Labute approximate surface area is 126 Å². The van der Waals surface area contributed by atoms with Gasteiger partial charge in [-0.1, -0.05) is 6.42 Å². The summed E-state index contributed by atoms with van der Waals surface area (Å²) in [6, 6.07) is 0.537. The van der Waals surface area contributed by atoms with Gasteiger partial charge in [-0.05, 0) is 34.6 Å². The standard InChI is InChI=1S/C15H26NO3P/c1-8-10-11-18-20(16(13(3)4)14(5)6)19-12-15(7)17-9-2/h1-2,13-15H,10-12H2,3-7H3/i7D. The van der Waals surface area contributed by atoms with E-state index in [4.69, 9.17) is 28.0 Å². The van der Waals surface area contributed by atoms with Gasteiger partial charge in [-0.3, -0.25) is 0 Å². The highest BCUT2D eigenvalue weighted by atomic mass is 31.2. The lowest BCUT2D eigenvalue weighted by Gasteiger charge is -2.35. The second-order valence-electron chi connectivity index (χ2n) is 4.75. The van der Waals surface area contributed by atoms with E-state index in [1.54, 1.807) is 0 Å². The number of ether oxygens (including phenoxy) is 1. The van der Waals surface area contributed by atoms with Gasteiger partial charge in [0.2, 0.25) is 0 Å². The topological polar surface area (TPSA) is 30.9 Å². The van der Waals surface area contributed by atoms with E-state index in [9.17, 15) is 0 Å². The van der Waals surface area contributed by atoms with Crippen LogP contribution in [0.5, 0.6) is 0 Å². The fourth-order valence-electron chi connectivity index (χ4n) is 1.60. The maximum atomic E-state index is 7.38. The molecule has 0 aromatic rings. The number of nitrogens with zero attached hydrogens (tertiary/aromatic N) is 1. The first-order valence-electron chi connectivity index (χ1n) is 7.36. The molecule has 0 aliphatic heterocycles. The fourth-order valence-corrected chi connectivity index (χ4v) is 3.24. The van der Waals surface area contributed by atoms with Crippen LogP contribution >= 0.6 is 8.53 Å². The molecule has 0 aromatic heterocycles. The van der Waals surface area contributed by atoms with E-state index in [0.717, 1.165) is 0 Å². The molecule has 0 aliphatic carbocycles. The molecule has 114 valence electrons. The maximum absolute atomic E-state index is 7.38. The maximum Gasteiger partial charge on any atom is 0.259 e. The highest BCUT2D eigenvalue weighted by Crippen LogP contribution is 2.46. The Morgan fingerprint density at radius 1 is 1.20 bits per heavy atom. The van der Waals surface area contributed by atoms with Gasteiger partial charge in [-0.25, -0.2) is 4.67 Å². The minimum atomic E-state index is -1.26. The summed E-state index contributed by atoms with van der Waals surface area (Å²) in [5, 5.41) is 0. The Morgan fingerprint density at radius 2 is 1.85 bits per heavy atom. The van der Waals surface area contributed by atoms with E-state index in [2.05, 4.69) is 44.4 Å². The smallest absolute Gasteiger partial charge is 0.259 e. The molecule has 20 heavy (non-hydrogen) atoms. The zero-order valence-electron chi connectivity index (χ0n) is 13.8. The van der Waals surface area contributed by atoms with Crippen LogP contribution < -0.4 is 0 Å². The third kappa shape index (κ3) is 7.73. The van der Waals surface area contributed by atoms with Crippen molar-refractivity contribution >= 4 is 8.53 Å². The van der Waals surface area contributed by atoms with Crippen molar-refractivity contribution in [2.24, 2.45) is 0 Å². The minimum absolute atomic E-state index is 0.0427. The van der Waals surface area contributed by atoms with Crippen LogP contribution in [0.1, 0.15) is 42.4 Å². The molecule has 0 bridgehead atoms. The predicted molar refractivity (Wildman–Crippen MR) is 83.8 cm³/mol. The van der Waals surface area contributed by atoms with Gasteiger partial charge in [-0.15, -0.1) is 12.3 Å². The van der Waals surface area contributed by atoms with E-state index in [1.807, 2.05) is 0 Å². The van der Waals surface area contributed by atoms with Gasteiger partial charge < -0.3 is 13.8 Å². The van der Waals surface area contributed by atoms with Crippen LogP contribution in [0.2, 0.25) is 0 Å². The van der Waals surface area contributed by atoms with Gasteiger partial charge in [-0.2, -0.15) is 0 Å². The van der Waals surface area contributed by atoms with Crippen molar-refractivity contribution in [1.29, 1.82) is 0 Å². The van der Waals surface area contributed by atoms with E-state index < -0.39 is 14.6 Å². The first kappa shape index (κ1) is 17.3. The van der Waals surface area contributed by atoms with Crippen LogP contribution in [-0.4, -0.2) is 36.1 Å². The summed E-state index contributed by atoms with van der Waals surface area (Å²) in [7, 11) is -1.26. The summed E-state index contributed by atoms with van der Waals surface area (Å²) in [6.07, 6.45) is 12.5. The first-order chi connectivity index (χ1) is 9.97. The second-order valence-corrected chi connectivity index (χ2v) is 6.20. The third-order valence-corrected chi connectivity index (χ3v) is 4.37. The molecule has 0 radical (unpaired) electrons. The summed E-state index contributed by atoms with van der Waals surface area (Å²) in [4.78, 5) is 0. The van der Waals surface area contributed by atoms with Gasteiger partial charge in [0.15, 0.2) is 0 Å². The van der Waals surface area contributed by atoms with Gasteiger partial charge in [0.25, 0.3) is 8.53 Å². The monoisotopic (exact) mass is 300 g/mol. The molecule has 2 unspecified atom stereocenters. The minimum Gasteiger partial charge on any atom is -0.441 e. The number of rotatable bonds is 10.